The minimum atomic E-state index is 0.507. The Bertz CT molecular complexity index is 345. The predicted octanol–water partition coefficient (Wildman–Crippen LogP) is 1.42. The van der Waals surface area contributed by atoms with Crippen molar-refractivity contribution in [2.75, 3.05) is 13.1 Å². The molecule has 4 heteroatoms. The topological polar surface area (TPSA) is 49.0 Å². The van der Waals surface area contributed by atoms with Crippen LogP contribution in [0.15, 0.2) is 6.07 Å². The smallest absolute Gasteiger partial charge is 0.170 e. The number of aromatic amines is 1. The third-order valence-electron chi connectivity index (χ3n) is 3.13. The van der Waals surface area contributed by atoms with Crippen LogP contribution in [0.4, 0.5) is 0 Å². The van der Waals surface area contributed by atoms with Gasteiger partial charge in [0.2, 0.25) is 0 Å². The normalized spacial score (nSPS) is 22.5. The molecule has 1 unspecified atom stereocenters. The summed E-state index contributed by atoms with van der Waals surface area (Å²) < 4.78 is 0. The molecule has 0 spiro atoms. The molecule has 82 valence electrons. The Balaban J connectivity index is 2.04. The molecule has 1 atom stereocenters. The molecule has 4 nitrogen and oxygen atoms in total. The minimum absolute atomic E-state index is 0.507. The van der Waals surface area contributed by atoms with E-state index in [9.17, 15) is 4.79 Å². The van der Waals surface area contributed by atoms with E-state index in [4.69, 9.17) is 0 Å². The molecule has 0 amide bonds. The first kappa shape index (κ1) is 10.4. The van der Waals surface area contributed by atoms with E-state index in [1.807, 2.05) is 6.07 Å². The summed E-state index contributed by atoms with van der Waals surface area (Å²) in [4.78, 5) is 13.0. The van der Waals surface area contributed by atoms with Gasteiger partial charge < -0.3 is 4.90 Å². The molecule has 1 N–H and O–H groups in total. The van der Waals surface area contributed by atoms with Crippen LogP contribution in [0.25, 0.3) is 0 Å². The third kappa shape index (κ3) is 2.09. The summed E-state index contributed by atoms with van der Waals surface area (Å²) in [6, 6.07) is 2.46. The number of rotatable bonds is 3. The zero-order valence-corrected chi connectivity index (χ0v) is 9.23. The summed E-state index contributed by atoms with van der Waals surface area (Å²) in [5, 5.41) is 6.89. The van der Waals surface area contributed by atoms with E-state index in [0.29, 0.717) is 17.7 Å². The van der Waals surface area contributed by atoms with Crippen LogP contribution in [0.2, 0.25) is 0 Å². The monoisotopic (exact) mass is 207 g/mol. The average molecular weight is 207 g/mol. The first-order valence-corrected chi connectivity index (χ1v) is 5.45. The van der Waals surface area contributed by atoms with Crippen molar-refractivity contribution in [3.05, 3.63) is 17.5 Å². The maximum Gasteiger partial charge on any atom is 0.170 e. The molecule has 1 saturated heterocycles. The van der Waals surface area contributed by atoms with Gasteiger partial charge in [-0.05, 0) is 32.9 Å². The van der Waals surface area contributed by atoms with Gasteiger partial charge in [-0.3, -0.25) is 9.89 Å². The van der Waals surface area contributed by atoms with Crippen LogP contribution in [0.1, 0.15) is 42.4 Å². The predicted molar refractivity (Wildman–Crippen MR) is 58.0 cm³/mol. The molecule has 0 radical (unpaired) electrons. The Labute approximate surface area is 89.7 Å². The minimum Gasteiger partial charge on any atom is -0.300 e. The summed E-state index contributed by atoms with van der Waals surface area (Å²) in [5.41, 5.74) is 1.60. The lowest BCUT2D eigenvalue weighted by Gasteiger charge is -2.19. The van der Waals surface area contributed by atoms with E-state index < -0.39 is 0 Å². The molecular formula is C11H17N3O. The van der Waals surface area contributed by atoms with E-state index in [1.54, 1.807) is 0 Å². The second-order valence-electron chi connectivity index (χ2n) is 4.44. The van der Waals surface area contributed by atoms with Crippen LogP contribution in [0.5, 0.6) is 0 Å². The third-order valence-corrected chi connectivity index (χ3v) is 3.13. The Morgan fingerprint density at radius 3 is 3.00 bits per heavy atom. The molecule has 1 aliphatic rings. The van der Waals surface area contributed by atoms with Gasteiger partial charge in [0.1, 0.15) is 5.69 Å². The molecule has 1 fully saturated rings. The van der Waals surface area contributed by atoms with E-state index in [1.165, 1.54) is 0 Å². The average Bonchev–Trinajstić information content (AvgIpc) is 2.86. The second-order valence-corrected chi connectivity index (χ2v) is 4.44. The first-order chi connectivity index (χ1) is 7.20. The number of hydrogen-bond donors (Lipinski definition) is 1. The SMILES string of the molecule is CC(C)N1CCC(c2cc(C=O)n[nH]2)C1. The molecule has 15 heavy (non-hydrogen) atoms. The molecular weight excluding hydrogens is 190 g/mol. The fraction of sp³-hybridized carbons (Fsp3) is 0.636. The van der Waals surface area contributed by atoms with Crippen molar-refractivity contribution >= 4 is 6.29 Å². The van der Waals surface area contributed by atoms with Crippen LogP contribution in [-0.4, -0.2) is 40.5 Å². The molecule has 0 bridgehead atoms. The number of carbonyl (C=O) groups excluding carboxylic acids is 1. The molecule has 1 aromatic rings. The van der Waals surface area contributed by atoms with E-state index in [2.05, 4.69) is 28.9 Å². The molecule has 0 aliphatic carbocycles. The number of nitrogens with zero attached hydrogens (tertiary/aromatic N) is 2. The number of aldehydes is 1. The van der Waals surface area contributed by atoms with Crippen LogP contribution < -0.4 is 0 Å². The molecule has 0 aromatic carbocycles. The van der Waals surface area contributed by atoms with Crippen molar-refractivity contribution in [3.63, 3.8) is 0 Å². The summed E-state index contributed by atoms with van der Waals surface area (Å²) in [6.45, 7) is 6.63. The second kappa shape index (κ2) is 4.14. The van der Waals surface area contributed by atoms with Crippen molar-refractivity contribution in [2.45, 2.75) is 32.2 Å². The number of aromatic nitrogens is 2. The van der Waals surface area contributed by atoms with Gasteiger partial charge >= 0.3 is 0 Å². The van der Waals surface area contributed by atoms with Crippen molar-refractivity contribution in [3.8, 4) is 0 Å². The zero-order valence-electron chi connectivity index (χ0n) is 9.23. The summed E-state index contributed by atoms with van der Waals surface area (Å²) in [5.74, 6) is 0.508. The summed E-state index contributed by atoms with van der Waals surface area (Å²) in [6.07, 6.45) is 1.94. The summed E-state index contributed by atoms with van der Waals surface area (Å²) in [7, 11) is 0. The largest absolute Gasteiger partial charge is 0.300 e. The maximum absolute atomic E-state index is 10.5. The molecule has 1 aliphatic heterocycles. The fourth-order valence-electron chi connectivity index (χ4n) is 2.13. The van der Waals surface area contributed by atoms with Gasteiger partial charge in [-0.1, -0.05) is 0 Å². The van der Waals surface area contributed by atoms with Crippen LogP contribution in [0, 0.1) is 0 Å². The first-order valence-electron chi connectivity index (χ1n) is 5.45. The number of likely N-dealkylation sites (tertiary alicyclic amines) is 1. The van der Waals surface area contributed by atoms with Crippen LogP contribution in [-0.2, 0) is 0 Å². The van der Waals surface area contributed by atoms with Gasteiger partial charge in [0.15, 0.2) is 6.29 Å². The number of H-pyrrole nitrogens is 1. The Hall–Kier alpha value is -1.16. The highest BCUT2D eigenvalue weighted by molar-refractivity contribution is 5.71. The number of nitrogens with one attached hydrogen (secondary N) is 1. The van der Waals surface area contributed by atoms with Gasteiger partial charge in [0.25, 0.3) is 0 Å². The van der Waals surface area contributed by atoms with Crippen LogP contribution >= 0.6 is 0 Å². The van der Waals surface area contributed by atoms with E-state index >= 15 is 0 Å². The number of hydrogen-bond acceptors (Lipinski definition) is 3. The molecule has 2 rings (SSSR count). The fourth-order valence-corrected chi connectivity index (χ4v) is 2.13. The molecule has 2 heterocycles. The lowest BCUT2D eigenvalue weighted by atomic mass is 10.1. The van der Waals surface area contributed by atoms with E-state index in [0.717, 1.165) is 31.5 Å². The standard InChI is InChI=1S/C11H17N3O/c1-8(2)14-4-3-9(6-14)11-5-10(7-15)12-13-11/h5,7-9H,3-4,6H2,1-2H3,(H,12,13). The van der Waals surface area contributed by atoms with Crippen LogP contribution in [0.3, 0.4) is 0 Å². The zero-order chi connectivity index (χ0) is 10.8. The van der Waals surface area contributed by atoms with Crippen molar-refractivity contribution in [2.24, 2.45) is 0 Å². The van der Waals surface area contributed by atoms with Gasteiger partial charge in [-0.15, -0.1) is 0 Å². The van der Waals surface area contributed by atoms with Crippen molar-refractivity contribution < 1.29 is 4.79 Å². The highest BCUT2D eigenvalue weighted by atomic mass is 16.1. The molecule has 0 saturated carbocycles. The van der Waals surface area contributed by atoms with Gasteiger partial charge in [-0.25, -0.2) is 0 Å². The quantitative estimate of drug-likeness (QED) is 0.762. The van der Waals surface area contributed by atoms with Gasteiger partial charge in [0, 0.05) is 24.2 Å². The highest BCUT2D eigenvalue weighted by Crippen LogP contribution is 2.26. The van der Waals surface area contributed by atoms with Gasteiger partial charge in [0.05, 0.1) is 0 Å². The highest BCUT2D eigenvalue weighted by Gasteiger charge is 2.26. The van der Waals surface area contributed by atoms with Gasteiger partial charge in [-0.2, -0.15) is 5.10 Å². The van der Waals surface area contributed by atoms with E-state index in [-0.39, 0.29) is 0 Å². The maximum atomic E-state index is 10.5. The Kier molecular flexibility index (Phi) is 2.86. The Morgan fingerprint density at radius 2 is 2.47 bits per heavy atom. The number of carbonyl (C=O) groups is 1. The lowest BCUT2D eigenvalue weighted by molar-refractivity contribution is 0.111. The lowest BCUT2D eigenvalue weighted by Crippen LogP contribution is -2.27. The van der Waals surface area contributed by atoms with Crippen molar-refractivity contribution in [1.29, 1.82) is 0 Å². The van der Waals surface area contributed by atoms with Crippen molar-refractivity contribution in [1.82, 2.24) is 15.1 Å². The molecule has 1 aromatic heterocycles. The Morgan fingerprint density at radius 1 is 1.67 bits per heavy atom. The summed E-state index contributed by atoms with van der Waals surface area (Å²) >= 11 is 0.